The first kappa shape index (κ1) is 10.3. The van der Waals surface area contributed by atoms with Crippen LogP contribution in [0, 0.1) is 0 Å². The Morgan fingerprint density at radius 1 is 1.31 bits per heavy atom. The van der Waals surface area contributed by atoms with E-state index >= 15 is 0 Å². The van der Waals surface area contributed by atoms with Gasteiger partial charge in [-0.1, -0.05) is 19.8 Å². The summed E-state index contributed by atoms with van der Waals surface area (Å²) in [6.45, 7) is 5.35. The first-order chi connectivity index (χ1) is 6.43. The van der Waals surface area contributed by atoms with Gasteiger partial charge >= 0.3 is 0 Å². The minimum Gasteiger partial charge on any atom is -0.315 e. The van der Waals surface area contributed by atoms with E-state index in [1.807, 2.05) is 23.1 Å². The molecule has 1 N–H and O–H groups in total. The maximum absolute atomic E-state index is 4.13. The van der Waals surface area contributed by atoms with Crippen molar-refractivity contribution in [3.8, 4) is 0 Å². The summed E-state index contributed by atoms with van der Waals surface area (Å²) in [7, 11) is 0. The second kappa shape index (κ2) is 6.66. The lowest BCUT2D eigenvalue weighted by Gasteiger charge is -2.03. The Hall–Kier alpha value is -0.830. The van der Waals surface area contributed by atoms with E-state index < -0.39 is 0 Å². The first-order valence-corrected chi connectivity index (χ1v) is 5.11. The second-order valence-corrected chi connectivity index (χ2v) is 3.23. The summed E-state index contributed by atoms with van der Waals surface area (Å²) in [6, 6.07) is 1.96. The average Bonchev–Trinajstić information content (AvgIpc) is 2.63. The molecule has 13 heavy (non-hydrogen) atoms. The van der Waals surface area contributed by atoms with E-state index in [9.17, 15) is 0 Å². The number of hydrogen-bond acceptors (Lipinski definition) is 2. The van der Waals surface area contributed by atoms with E-state index in [1.54, 1.807) is 0 Å². The Balaban J connectivity index is 1.90. The predicted molar refractivity (Wildman–Crippen MR) is 54.6 cm³/mol. The van der Waals surface area contributed by atoms with E-state index in [0.717, 1.165) is 19.6 Å². The minimum atomic E-state index is 0.971. The topological polar surface area (TPSA) is 29.9 Å². The van der Waals surface area contributed by atoms with Gasteiger partial charge in [0.15, 0.2) is 0 Å². The van der Waals surface area contributed by atoms with E-state index in [0.29, 0.717) is 0 Å². The van der Waals surface area contributed by atoms with Crippen molar-refractivity contribution in [2.45, 2.75) is 32.7 Å². The molecule has 0 unspecified atom stereocenters. The van der Waals surface area contributed by atoms with E-state index in [-0.39, 0.29) is 0 Å². The Morgan fingerprint density at radius 3 is 2.92 bits per heavy atom. The summed E-state index contributed by atoms with van der Waals surface area (Å²) in [6.07, 6.45) is 7.72. The first-order valence-electron chi connectivity index (χ1n) is 5.11. The molecule has 3 nitrogen and oxygen atoms in total. The van der Waals surface area contributed by atoms with Crippen LogP contribution in [0.15, 0.2) is 18.5 Å². The molecule has 1 aromatic rings. The lowest BCUT2D eigenvalue weighted by atomic mass is 10.2. The van der Waals surface area contributed by atoms with Crippen molar-refractivity contribution in [2.75, 3.05) is 13.1 Å². The highest BCUT2D eigenvalue weighted by molar-refractivity contribution is 4.77. The molecule has 0 radical (unpaired) electrons. The van der Waals surface area contributed by atoms with Crippen molar-refractivity contribution >= 4 is 0 Å². The summed E-state index contributed by atoms with van der Waals surface area (Å²) >= 11 is 0. The molecule has 1 aromatic heterocycles. The van der Waals surface area contributed by atoms with Gasteiger partial charge in [0.25, 0.3) is 0 Å². The lowest BCUT2D eigenvalue weighted by molar-refractivity contribution is 0.539. The second-order valence-electron chi connectivity index (χ2n) is 3.23. The monoisotopic (exact) mass is 181 g/mol. The van der Waals surface area contributed by atoms with Gasteiger partial charge in [-0.15, -0.1) is 0 Å². The van der Waals surface area contributed by atoms with Crippen molar-refractivity contribution in [3.63, 3.8) is 0 Å². The third-order valence-electron chi connectivity index (χ3n) is 2.03. The Morgan fingerprint density at radius 2 is 2.23 bits per heavy atom. The van der Waals surface area contributed by atoms with Crippen LogP contribution in [-0.4, -0.2) is 22.9 Å². The van der Waals surface area contributed by atoms with Crippen LogP contribution in [0.4, 0.5) is 0 Å². The molecule has 74 valence electrons. The fourth-order valence-corrected chi connectivity index (χ4v) is 1.25. The van der Waals surface area contributed by atoms with Gasteiger partial charge in [-0.3, -0.25) is 4.68 Å². The Kier molecular flexibility index (Phi) is 5.25. The maximum Gasteiger partial charge on any atom is 0.0533 e. The molecule has 1 rings (SSSR count). The van der Waals surface area contributed by atoms with Crippen LogP contribution in [-0.2, 0) is 6.54 Å². The number of unbranched alkanes of at least 4 members (excludes halogenated alkanes) is 2. The molecular formula is C10H19N3. The fraction of sp³-hybridized carbons (Fsp3) is 0.700. The van der Waals surface area contributed by atoms with Crippen LogP contribution in [0.3, 0.4) is 0 Å². The van der Waals surface area contributed by atoms with Crippen LogP contribution in [0.2, 0.25) is 0 Å². The zero-order valence-electron chi connectivity index (χ0n) is 8.37. The van der Waals surface area contributed by atoms with Crippen molar-refractivity contribution < 1.29 is 0 Å². The van der Waals surface area contributed by atoms with Crippen molar-refractivity contribution in [1.82, 2.24) is 15.1 Å². The number of nitrogens with zero attached hydrogens (tertiary/aromatic N) is 2. The molecule has 1 heterocycles. The lowest BCUT2D eigenvalue weighted by Crippen LogP contribution is -2.21. The molecule has 0 bridgehead atoms. The maximum atomic E-state index is 4.13. The molecule has 0 saturated heterocycles. The Bertz CT molecular complexity index is 194. The normalized spacial score (nSPS) is 10.5. The van der Waals surface area contributed by atoms with Crippen LogP contribution in [0.25, 0.3) is 0 Å². The highest BCUT2D eigenvalue weighted by Gasteiger charge is 1.89. The van der Waals surface area contributed by atoms with Gasteiger partial charge in [-0.05, 0) is 19.0 Å². The molecule has 0 aliphatic rings. The van der Waals surface area contributed by atoms with Gasteiger partial charge in [0.05, 0.1) is 6.54 Å². The predicted octanol–water partition coefficient (Wildman–Crippen LogP) is 1.66. The van der Waals surface area contributed by atoms with E-state index in [4.69, 9.17) is 0 Å². The van der Waals surface area contributed by atoms with Crippen LogP contribution in [0.1, 0.15) is 26.2 Å². The fourth-order valence-electron chi connectivity index (χ4n) is 1.25. The van der Waals surface area contributed by atoms with Crippen LogP contribution in [0.5, 0.6) is 0 Å². The number of nitrogens with one attached hydrogen (secondary N) is 1. The standard InChI is InChI=1S/C10H19N3/c1-2-3-4-6-11-8-10-13-9-5-7-12-13/h5,7,9,11H,2-4,6,8,10H2,1H3. The van der Waals surface area contributed by atoms with Crippen molar-refractivity contribution in [1.29, 1.82) is 0 Å². The molecule has 0 aromatic carbocycles. The highest BCUT2D eigenvalue weighted by Crippen LogP contribution is 1.90. The zero-order chi connectivity index (χ0) is 9.36. The SMILES string of the molecule is CCCCCNCCn1cccn1. The molecule has 0 aliphatic heterocycles. The molecule has 0 amide bonds. The third kappa shape index (κ3) is 4.68. The van der Waals surface area contributed by atoms with Crippen LogP contribution >= 0.6 is 0 Å². The van der Waals surface area contributed by atoms with Gasteiger partial charge < -0.3 is 5.32 Å². The van der Waals surface area contributed by atoms with E-state index in [1.165, 1.54) is 19.3 Å². The quantitative estimate of drug-likeness (QED) is 0.648. The van der Waals surface area contributed by atoms with Crippen molar-refractivity contribution in [2.24, 2.45) is 0 Å². The largest absolute Gasteiger partial charge is 0.315 e. The summed E-state index contributed by atoms with van der Waals surface area (Å²) in [5, 5.41) is 7.52. The minimum absolute atomic E-state index is 0.971. The molecule has 3 heteroatoms. The third-order valence-corrected chi connectivity index (χ3v) is 2.03. The number of aromatic nitrogens is 2. The van der Waals surface area contributed by atoms with E-state index in [2.05, 4.69) is 17.3 Å². The zero-order valence-corrected chi connectivity index (χ0v) is 8.37. The summed E-state index contributed by atoms with van der Waals surface area (Å²) in [4.78, 5) is 0. The van der Waals surface area contributed by atoms with Gasteiger partial charge in [0.1, 0.15) is 0 Å². The van der Waals surface area contributed by atoms with Crippen LogP contribution < -0.4 is 5.32 Å². The van der Waals surface area contributed by atoms with Crippen molar-refractivity contribution in [3.05, 3.63) is 18.5 Å². The molecule has 0 saturated carbocycles. The molecule has 0 aliphatic carbocycles. The van der Waals surface area contributed by atoms with Gasteiger partial charge in [-0.2, -0.15) is 5.10 Å². The van der Waals surface area contributed by atoms with Gasteiger partial charge in [0, 0.05) is 18.9 Å². The molecule has 0 fully saturated rings. The number of hydrogen-bond donors (Lipinski definition) is 1. The summed E-state index contributed by atoms with van der Waals surface area (Å²) in [5.74, 6) is 0. The highest BCUT2D eigenvalue weighted by atomic mass is 15.3. The Labute approximate surface area is 80.1 Å². The van der Waals surface area contributed by atoms with Gasteiger partial charge in [0.2, 0.25) is 0 Å². The molecule has 0 spiro atoms. The average molecular weight is 181 g/mol. The number of rotatable bonds is 7. The molecule has 0 atom stereocenters. The summed E-state index contributed by atoms with van der Waals surface area (Å²) < 4.78 is 1.95. The smallest absolute Gasteiger partial charge is 0.0533 e. The summed E-state index contributed by atoms with van der Waals surface area (Å²) in [5.41, 5.74) is 0. The molecular weight excluding hydrogens is 162 g/mol. The van der Waals surface area contributed by atoms with Gasteiger partial charge in [-0.25, -0.2) is 0 Å².